The van der Waals surface area contributed by atoms with Gasteiger partial charge in [-0.05, 0) is 71.8 Å². The summed E-state index contributed by atoms with van der Waals surface area (Å²) in [5.41, 5.74) is 2.22. The Labute approximate surface area is 172 Å². The van der Waals surface area contributed by atoms with Crippen LogP contribution >= 0.6 is 11.8 Å². The lowest BCUT2D eigenvalue weighted by Crippen LogP contribution is -2.22. The van der Waals surface area contributed by atoms with E-state index in [-0.39, 0.29) is 11.3 Å². The summed E-state index contributed by atoms with van der Waals surface area (Å²) < 4.78 is 5.08. The number of amides is 1. The van der Waals surface area contributed by atoms with E-state index in [0.717, 1.165) is 38.6 Å². The van der Waals surface area contributed by atoms with Gasteiger partial charge in [-0.2, -0.15) is 5.26 Å². The number of phenols is 1. The van der Waals surface area contributed by atoms with Crippen molar-refractivity contribution in [1.82, 2.24) is 0 Å². The molecule has 0 aromatic heterocycles. The lowest BCUT2D eigenvalue weighted by Gasteiger charge is -2.13. The smallest absolute Gasteiger partial charge is 0.342 e. The molecule has 0 aliphatic heterocycles. The summed E-state index contributed by atoms with van der Waals surface area (Å²) in [6.45, 7) is 3.16. The molecule has 0 fully saturated rings. The molecule has 3 rings (SSSR count). The van der Waals surface area contributed by atoms with Crippen molar-refractivity contribution in [3.05, 3.63) is 65.2 Å². The summed E-state index contributed by atoms with van der Waals surface area (Å²) in [6, 6.07) is 13.9. The van der Waals surface area contributed by atoms with E-state index in [0.29, 0.717) is 5.69 Å². The van der Waals surface area contributed by atoms with Crippen molar-refractivity contribution in [2.24, 2.45) is 0 Å². The highest BCUT2D eigenvalue weighted by Gasteiger charge is 2.16. The van der Waals surface area contributed by atoms with Gasteiger partial charge < -0.3 is 15.2 Å². The van der Waals surface area contributed by atoms with Gasteiger partial charge in [0.1, 0.15) is 16.7 Å². The van der Waals surface area contributed by atoms with Crippen molar-refractivity contribution >= 4 is 40.1 Å². The minimum Gasteiger partial charge on any atom is -0.507 e. The molecular formula is C22H18N2O4S. The Kier molecular flexibility index (Phi) is 6.05. The van der Waals surface area contributed by atoms with Gasteiger partial charge >= 0.3 is 5.97 Å². The van der Waals surface area contributed by atoms with Crippen LogP contribution in [0.5, 0.6) is 5.75 Å². The predicted octanol–water partition coefficient (Wildman–Crippen LogP) is 4.53. The van der Waals surface area contributed by atoms with E-state index in [4.69, 9.17) is 10.00 Å². The fraction of sp³-hybridized carbons (Fsp3) is 0.136. The van der Waals surface area contributed by atoms with Gasteiger partial charge in [-0.25, -0.2) is 4.79 Å². The number of nitrogens with one attached hydrogen (secondary N) is 1. The van der Waals surface area contributed by atoms with Crippen LogP contribution in [0.25, 0.3) is 10.8 Å². The average molecular weight is 406 g/mol. The van der Waals surface area contributed by atoms with Gasteiger partial charge in [0, 0.05) is 10.6 Å². The van der Waals surface area contributed by atoms with Gasteiger partial charge in [-0.3, -0.25) is 4.79 Å². The zero-order valence-electron chi connectivity index (χ0n) is 15.9. The van der Waals surface area contributed by atoms with Gasteiger partial charge in [0.2, 0.25) is 0 Å². The molecule has 1 amide bonds. The molecule has 0 atom stereocenters. The number of carbonyl (C=O) groups is 2. The molecule has 0 saturated carbocycles. The van der Waals surface area contributed by atoms with Gasteiger partial charge in [0.05, 0.1) is 0 Å². The van der Waals surface area contributed by atoms with Crippen LogP contribution in [-0.4, -0.2) is 23.6 Å². The van der Waals surface area contributed by atoms with Crippen LogP contribution in [0.3, 0.4) is 0 Å². The highest BCUT2D eigenvalue weighted by molar-refractivity contribution is 8.03. The van der Waals surface area contributed by atoms with Crippen molar-refractivity contribution in [1.29, 1.82) is 5.26 Å². The van der Waals surface area contributed by atoms with E-state index in [9.17, 15) is 14.7 Å². The number of anilines is 1. The second kappa shape index (κ2) is 8.67. The Bertz CT molecular complexity index is 1130. The molecule has 0 heterocycles. The second-order valence-corrected chi connectivity index (χ2v) is 7.32. The summed E-state index contributed by atoms with van der Waals surface area (Å²) in [5, 5.41) is 25.2. The molecular weight excluding hydrogens is 388 g/mol. The van der Waals surface area contributed by atoms with Gasteiger partial charge in [0.15, 0.2) is 6.61 Å². The molecule has 0 aliphatic carbocycles. The summed E-state index contributed by atoms with van der Waals surface area (Å²) >= 11 is 1.04. The van der Waals surface area contributed by atoms with Gasteiger partial charge in [0.25, 0.3) is 5.91 Å². The number of thiocyanates is 1. The molecule has 0 unspecified atom stereocenters. The minimum absolute atomic E-state index is 0.00161. The summed E-state index contributed by atoms with van der Waals surface area (Å²) in [5.74, 6) is -1.48. The normalized spacial score (nSPS) is 10.4. The molecule has 3 aromatic carbocycles. The number of nitrogens with zero attached hydrogens (tertiary/aromatic N) is 1. The van der Waals surface area contributed by atoms with Gasteiger partial charge in [-0.1, -0.05) is 24.3 Å². The van der Waals surface area contributed by atoms with E-state index in [1.54, 1.807) is 12.1 Å². The Morgan fingerprint density at radius 1 is 1.10 bits per heavy atom. The van der Waals surface area contributed by atoms with Crippen molar-refractivity contribution in [2.45, 2.75) is 18.7 Å². The van der Waals surface area contributed by atoms with Crippen LogP contribution < -0.4 is 5.32 Å². The first-order chi connectivity index (χ1) is 13.9. The SMILES string of the molecule is Cc1cc(SC#N)cc(C)c1NC(=O)COC(=O)c1cc2ccccc2cc1O. The molecule has 29 heavy (non-hydrogen) atoms. The Morgan fingerprint density at radius 2 is 1.72 bits per heavy atom. The number of thioether (sulfide) groups is 1. The lowest BCUT2D eigenvalue weighted by molar-refractivity contribution is -0.119. The first kappa shape index (κ1) is 20.2. The average Bonchev–Trinajstić information content (AvgIpc) is 2.68. The van der Waals surface area contributed by atoms with Gasteiger partial charge in [-0.15, -0.1) is 0 Å². The second-order valence-electron chi connectivity index (χ2n) is 6.47. The fourth-order valence-corrected chi connectivity index (χ4v) is 3.59. The molecule has 7 heteroatoms. The monoisotopic (exact) mass is 406 g/mol. The van der Waals surface area contributed by atoms with E-state index < -0.39 is 18.5 Å². The predicted molar refractivity (Wildman–Crippen MR) is 112 cm³/mol. The van der Waals surface area contributed by atoms with Crippen molar-refractivity contribution in [3.8, 4) is 11.2 Å². The maximum atomic E-state index is 12.3. The molecule has 0 saturated heterocycles. The number of aryl methyl sites for hydroxylation is 2. The van der Waals surface area contributed by atoms with Crippen LogP contribution in [0.1, 0.15) is 21.5 Å². The number of rotatable bonds is 5. The number of fused-ring (bicyclic) bond motifs is 1. The number of esters is 1. The number of carbonyl (C=O) groups excluding carboxylic acids is 2. The standard InChI is InChI=1S/C22H18N2O4S/c1-13-7-17(29-12-23)8-14(2)21(13)24-20(26)11-28-22(27)18-9-15-5-3-4-6-16(15)10-19(18)25/h3-10,25H,11H2,1-2H3,(H,24,26). The minimum atomic E-state index is -0.780. The topological polar surface area (TPSA) is 99.4 Å². The molecule has 146 valence electrons. The lowest BCUT2D eigenvalue weighted by atomic mass is 10.1. The third-order valence-electron chi connectivity index (χ3n) is 4.35. The third-order valence-corrected chi connectivity index (χ3v) is 4.92. The van der Waals surface area contributed by atoms with Crippen LogP contribution in [0.2, 0.25) is 0 Å². The Hall–Kier alpha value is -3.50. The summed E-state index contributed by atoms with van der Waals surface area (Å²) in [6.07, 6.45) is 0. The van der Waals surface area contributed by atoms with Crippen molar-refractivity contribution in [2.75, 3.05) is 11.9 Å². The number of aromatic hydroxyl groups is 1. The third kappa shape index (κ3) is 4.68. The summed E-state index contributed by atoms with van der Waals surface area (Å²) in [4.78, 5) is 25.4. The Morgan fingerprint density at radius 3 is 2.34 bits per heavy atom. The number of hydrogen-bond donors (Lipinski definition) is 2. The van der Waals surface area contributed by atoms with Crippen LogP contribution in [0, 0.1) is 24.5 Å². The van der Waals surface area contributed by atoms with Crippen LogP contribution in [-0.2, 0) is 9.53 Å². The Balaban J connectivity index is 1.68. The molecule has 0 aliphatic rings. The van der Waals surface area contributed by atoms with Crippen LogP contribution in [0.15, 0.2) is 53.4 Å². The zero-order chi connectivity index (χ0) is 21.0. The van der Waals surface area contributed by atoms with E-state index in [2.05, 4.69) is 5.32 Å². The molecule has 0 spiro atoms. The number of ether oxygens (including phenoxy) is 1. The number of nitriles is 1. The first-order valence-electron chi connectivity index (χ1n) is 8.75. The largest absolute Gasteiger partial charge is 0.507 e. The van der Waals surface area contributed by atoms with Crippen molar-refractivity contribution in [3.63, 3.8) is 0 Å². The van der Waals surface area contributed by atoms with E-state index in [1.165, 1.54) is 12.1 Å². The molecule has 2 N–H and O–H groups in total. The van der Waals surface area contributed by atoms with Crippen molar-refractivity contribution < 1.29 is 19.4 Å². The molecule has 6 nitrogen and oxygen atoms in total. The summed E-state index contributed by atoms with van der Waals surface area (Å²) in [7, 11) is 0. The highest BCUT2D eigenvalue weighted by atomic mass is 32.2. The highest BCUT2D eigenvalue weighted by Crippen LogP contribution is 2.28. The fourth-order valence-electron chi connectivity index (χ4n) is 3.01. The molecule has 0 bridgehead atoms. The maximum Gasteiger partial charge on any atom is 0.342 e. The molecule has 0 radical (unpaired) electrons. The zero-order valence-corrected chi connectivity index (χ0v) is 16.7. The number of benzene rings is 3. The molecule has 3 aromatic rings. The first-order valence-corrected chi connectivity index (χ1v) is 9.56. The number of phenolic OH excluding ortho intramolecular Hbond substituents is 1. The van der Waals surface area contributed by atoms with E-state index >= 15 is 0 Å². The van der Waals surface area contributed by atoms with Crippen LogP contribution in [0.4, 0.5) is 5.69 Å². The van der Waals surface area contributed by atoms with E-state index in [1.807, 2.05) is 43.5 Å². The number of hydrogen-bond acceptors (Lipinski definition) is 6. The maximum absolute atomic E-state index is 12.3. The quantitative estimate of drug-likeness (QED) is 0.367.